The Morgan fingerprint density at radius 2 is 2.00 bits per heavy atom. The van der Waals surface area contributed by atoms with E-state index in [2.05, 4.69) is 37.4 Å². The molecule has 1 heterocycles. The summed E-state index contributed by atoms with van der Waals surface area (Å²) < 4.78 is 0. The summed E-state index contributed by atoms with van der Waals surface area (Å²) in [5, 5.41) is 10.4. The van der Waals surface area contributed by atoms with Crippen LogP contribution in [0, 0.1) is 5.41 Å². The molecule has 1 amide bonds. The van der Waals surface area contributed by atoms with Crippen molar-refractivity contribution in [3.63, 3.8) is 0 Å². The molecule has 6 heteroatoms. The Labute approximate surface area is 137 Å². The average molecular weight is 324 g/mol. The Kier molecular flexibility index (Phi) is 7.38. The molecule has 0 atom stereocenters. The van der Waals surface area contributed by atoms with Crippen LogP contribution in [0.4, 0.5) is 0 Å². The predicted molar refractivity (Wildman–Crippen MR) is 94.2 cm³/mol. The van der Waals surface area contributed by atoms with Crippen molar-refractivity contribution >= 4 is 23.2 Å². The highest BCUT2D eigenvalue weighted by Crippen LogP contribution is 2.16. The first-order valence-electron chi connectivity index (χ1n) is 7.69. The van der Waals surface area contributed by atoms with E-state index in [4.69, 9.17) is 0 Å². The maximum atomic E-state index is 12.0. The lowest BCUT2D eigenvalue weighted by molar-refractivity contribution is -0.128. The maximum absolute atomic E-state index is 12.0. The van der Waals surface area contributed by atoms with E-state index in [0.29, 0.717) is 13.1 Å². The molecule has 1 aromatic rings. The number of rotatable bonds is 7. The van der Waals surface area contributed by atoms with Gasteiger partial charge in [0.1, 0.15) is 0 Å². The fourth-order valence-corrected chi connectivity index (χ4v) is 2.61. The van der Waals surface area contributed by atoms with E-state index in [-0.39, 0.29) is 5.91 Å². The molecule has 1 rings (SSSR count). The fourth-order valence-electron chi connectivity index (χ4n) is 1.95. The second-order valence-electron chi connectivity index (χ2n) is 5.90. The normalized spacial score (nSPS) is 12.1. The number of amides is 1. The van der Waals surface area contributed by atoms with Crippen LogP contribution in [0.3, 0.4) is 0 Å². The summed E-state index contributed by atoms with van der Waals surface area (Å²) in [4.78, 5) is 18.8. The zero-order chi connectivity index (χ0) is 16.6. The van der Waals surface area contributed by atoms with Crippen LogP contribution >= 0.6 is 11.3 Å². The SMILES string of the molecule is CCNC(=O)C(C)(C)CN=C(NCC)N(C)Cc1ccsc1. The highest BCUT2D eigenvalue weighted by molar-refractivity contribution is 7.07. The molecule has 0 radical (unpaired) electrons. The Hall–Kier alpha value is -1.56. The molecule has 124 valence electrons. The highest BCUT2D eigenvalue weighted by atomic mass is 32.1. The lowest BCUT2D eigenvalue weighted by Gasteiger charge is -2.25. The van der Waals surface area contributed by atoms with Crippen molar-refractivity contribution in [2.24, 2.45) is 10.4 Å². The Morgan fingerprint density at radius 1 is 1.32 bits per heavy atom. The molecule has 2 N–H and O–H groups in total. The molecular formula is C16H28N4OS. The first-order valence-corrected chi connectivity index (χ1v) is 8.63. The van der Waals surface area contributed by atoms with Gasteiger partial charge in [-0.1, -0.05) is 0 Å². The summed E-state index contributed by atoms with van der Waals surface area (Å²) >= 11 is 1.69. The number of nitrogens with zero attached hydrogens (tertiary/aromatic N) is 2. The Balaban J connectivity index is 2.74. The van der Waals surface area contributed by atoms with Gasteiger partial charge in [0.2, 0.25) is 5.91 Å². The molecule has 0 bridgehead atoms. The van der Waals surface area contributed by atoms with Gasteiger partial charge in [-0.25, -0.2) is 0 Å². The monoisotopic (exact) mass is 324 g/mol. The van der Waals surface area contributed by atoms with Crippen LogP contribution in [-0.4, -0.2) is 43.4 Å². The summed E-state index contributed by atoms with van der Waals surface area (Å²) in [6, 6.07) is 2.11. The van der Waals surface area contributed by atoms with E-state index in [9.17, 15) is 4.79 Å². The van der Waals surface area contributed by atoms with Gasteiger partial charge in [0.25, 0.3) is 0 Å². The van der Waals surface area contributed by atoms with Crippen molar-refractivity contribution < 1.29 is 4.79 Å². The summed E-state index contributed by atoms with van der Waals surface area (Å²) in [7, 11) is 2.01. The number of guanidine groups is 1. The van der Waals surface area contributed by atoms with Crippen LogP contribution in [0.1, 0.15) is 33.3 Å². The second kappa shape index (κ2) is 8.78. The van der Waals surface area contributed by atoms with E-state index in [1.807, 2.05) is 34.7 Å². The first kappa shape index (κ1) is 18.5. The van der Waals surface area contributed by atoms with Gasteiger partial charge in [-0.3, -0.25) is 9.79 Å². The van der Waals surface area contributed by atoms with Crippen molar-refractivity contribution in [1.82, 2.24) is 15.5 Å². The van der Waals surface area contributed by atoms with Crippen LogP contribution < -0.4 is 10.6 Å². The predicted octanol–water partition coefficient (Wildman–Crippen LogP) is 2.31. The maximum Gasteiger partial charge on any atom is 0.227 e. The molecular weight excluding hydrogens is 296 g/mol. The molecule has 0 fully saturated rings. The number of carbonyl (C=O) groups is 1. The van der Waals surface area contributed by atoms with Crippen LogP contribution in [-0.2, 0) is 11.3 Å². The standard InChI is InChI=1S/C16H28N4OS/c1-6-17-14(21)16(3,4)12-19-15(18-7-2)20(5)10-13-8-9-22-11-13/h8-9,11H,6-7,10,12H2,1-5H3,(H,17,21)(H,18,19). The van der Waals surface area contributed by atoms with Gasteiger partial charge in [-0.15, -0.1) is 0 Å². The van der Waals surface area contributed by atoms with Crippen molar-refractivity contribution in [1.29, 1.82) is 0 Å². The summed E-state index contributed by atoms with van der Waals surface area (Å²) in [5.74, 6) is 0.862. The molecule has 22 heavy (non-hydrogen) atoms. The van der Waals surface area contributed by atoms with Gasteiger partial charge in [0.15, 0.2) is 5.96 Å². The largest absolute Gasteiger partial charge is 0.357 e. The highest BCUT2D eigenvalue weighted by Gasteiger charge is 2.27. The van der Waals surface area contributed by atoms with E-state index in [0.717, 1.165) is 19.0 Å². The second-order valence-corrected chi connectivity index (χ2v) is 6.68. The van der Waals surface area contributed by atoms with Gasteiger partial charge in [-0.2, -0.15) is 11.3 Å². The van der Waals surface area contributed by atoms with E-state index >= 15 is 0 Å². The smallest absolute Gasteiger partial charge is 0.227 e. The molecule has 1 aromatic heterocycles. The molecule has 0 aromatic carbocycles. The number of thiophene rings is 1. The first-order chi connectivity index (χ1) is 10.4. The van der Waals surface area contributed by atoms with Crippen LogP contribution in [0.25, 0.3) is 0 Å². The van der Waals surface area contributed by atoms with Gasteiger partial charge in [0, 0.05) is 26.7 Å². The van der Waals surface area contributed by atoms with E-state index in [1.54, 1.807) is 11.3 Å². The number of nitrogens with one attached hydrogen (secondary N) is 2. The lowest BCUT2D eigenvalue weighted by atomic mass is 9.92. The number of aliphatic imine (C=N–C) groups is 1. The topological polar surface area (TPSA) is 56.7 Å². The van der Waals surface area contributed by atoms with Gasteiger partial charge < -0.3 is 15.5 Å². The van der Waals surface area contributed by atoms with Crippen molar-refractivity contribution in [3.05, 3.63) is 22.4 Å². The average Bonchev–Trinajstić information content (AvgIpc) is 2.96. The summed E-state index contributed by atoms with van der Waals surface area (Å²) in [6.45, 7) is 10.5. The minimum Gasteiger partial charge on any atom is -0.357 e. The van der Waals surface area contributed by atoms with Crippen molar-refractivity contribution in [2.75, 3.05) is 26.7 Å². The van der Waals surface area contributed by atoms with Crippen LogP contribution in [0.15, 0.2) is 21.8 Å². The third-order valence-corrected chi connectivity index (χ3v) is 4.00. The van der Waals surface area contributed by atoms with E-state index in [1.165, 1.54) is 5.56 Å². The molecule has 0 aliphatic rings. The van der Waals surface area contributed by atoms with Gasteiger partial charge >= 0.3 is 0 Å². The summed E-state index contributed by atoms with van der Waals surface area (Å²) in [6.07, 6.45) is 0. The quantitative estimate of drug-likeness (QED) is 0.598. The Bertz CT molecular complexity index is 482. The number of hydrogen-bond donors (Lipinski definition) is 2. The third kappa shape index (κ3) is 5.67. The van der Waals surface area contributed by atoms with Crippen LogP contribution in [0.5, 0.6) is 0 Å². The van der Waals surface area contributed by atoms with Crippen molar-refractivity contribution in [2.45, 2.75) is 34.2 Å². The van der Waals surface area contributed by atoms with Crippen molar-refractivity contribution in [3.8, 4) is 0 Å². The minimum absolute atomic E-state index is 0.0371. The number of hydrogen-bond acceptors (Lipinski definition) is 3. The number of carbonyl (C=O) groups excluding carboxylic acids is 1. The zero-order valence-electron chi connectivity index (χ0n) is 14.3. The molecule has 0 unspecified atom stereocenters. The molecule has 0 spiro atoms. The lowest BCUT2D eigenvalue weighted by Crippen LogP contribution is -2.42. The van der Waals surface area contributed by atoms with Gasteiger partial charge in [-0.05, 0) is 50.1 Å². The molecule has 5 nitrogen and oxygen atoms in total. The fraction of sp³-hybridized carbons (Fsp3) is 0.625. The van der Waals surface area contributed by atoms with Crippen LogP contribution in [0.2, 0.25) is 0 Å². The van der Waals surface area contributed by atoms with E-state index < -0.39 is 5.41 Å². The zero-order valence-corrected chi connectivity index (χ0v) is 15.1. The minimum atomic E-state index is -0.514. The molecule has 0 aliphatic carbocycles. The molecule has 0 saturated carbocycles. The third-order valence-electron chi connectivity index (χ3n) is 3.27. The van der Waals surface area contributed by atoms with Gasteiger partial charge in [0.05, 0.1) is 12.0 Å². The summed E-state index contributed by atoms with van der Waals surface area (Å²) in [5.41, 5.74) is 0.751. The molecule has 0 saturated heterocycles. The molecule has 0 aliphatic heterocycles. The Morgan fingerprint density at radius 3 is 2.55 bits per heavy atom.